The van der Waals surface area contributed by atoms with Crippen molar-refractivity contribution in [1.82, 2.24) is 15.0 Å². The second-order valence-electron chi connectivity index (χ2n) is 8.64. The minimum atomic E-state index is -0.186. The van der Waals surface area contributed by atoms with Crippen molar-refractivity contribution in [2.75, 3.05) is 0 Å². The van der Waals surface area contributed by atoms with Crippen molar-refractivity contribution in [2.24, 2.45) is 5.92 Å². The predicted molar refractivity (Wildman–Crippen MR) is 110 cm³/mol. The van der Waals surface area contributed by atoms with Gasteiger partial charge in [-0.1, -0.05) is 13.8 Å². The quantitative estimate of drug-likeness (QED) is 0.627. The molecule has 144 valence electrons. The molecule has 4 heterocycles. The topological polar surface area (TPSA) is 57.1 Å². The third-order valence-corrected chi connectivity index (χ3v) is 5.89. The SMILES string of the molecule is CC(C)Cc1nc2sc3c(OC(C)C)ncnc3c2c2c1COC(C)(C)C2. The first-order chi connectivity index (χ1) is 12.7. The number of hydrogen-bond acceptors (Lipinski definition) is 6. The molecule has 27 heavy (non-hydrogen) atoms. The summed E-state index contributed by atoms with van der Waals surface area (Å²) < 4.78 is 13.1. The highest BCUT2D eigenvalue weighted by Crippen LogP contribution is 2.43. The molecule has 0 unspecified atom stereocenters. The third kappa shape index (κ3) is 3.41. The molecular weight excluding hydrogens is 358 g/mol. The lowest BCUT2D eigenvalue weighted by Crippen LogP contribution is -2.33. The standard InChI is InChI=1S/C21H27N3O2S/c1-11(2)7-15-14-9-25-21(5,6)8-13(14)16-17-18(27-20(16)24-15)19(23-10-22-17)26-12(3)4/h10-12H,7-9H2,1-6H3. The lowest BCUT2D eigenvalue weighted by molar-refractivity contribution is -0.0402. The second kappa shape index (κ2) is 6.67. The molecule has 0 N–H and O–H groups in total. The van der Waals surface area contributed by atoms with Crippen LogP contribution in [0.5, 0.6) is 5.88 Å². The minimum absolute atomic E-state index is 0.0685. The van der Waals surface area contributed by atoms with Crippen LogP contribution in [0.2, 0.25) is 0 Å². The van der Waals surface area contributed by atoms with E-state index in [1.807, 2.05) is 13.8 Å². The summed E-state index contributed by atoms with van der Waals surface area (Å²) in [5, 5.41) is 1.16. The maximum atomic E-state index is 6.13. The lowest BCUT2D eigenvalue weighted by atomic mass is 9.88. The second-order valence-corrected chi connectivity index (χ2v) is 9.64. The molecular formula is C21H27N3O2S. The van der Waals surface area contributed by atoms with Crippen molar-refractivity contribution in [2.45, 2.75) is 72.7 Å². The van der Waals surface area contributed by atoms with Gasteiger partial charge in [0.1, 0.15) is 15.9 Å². The number of aromatic nitrogens is 3. The fraction of sp³-hybridized carbons (Fsp3) is 0.571. The molecule has 0 bridgehead atoms. The van der Waals surface area contributed by atoms with Crippen molar-refractivity contribution in [3.05, 3.63) is 23.1 Å². The molecule has 3 aromatic heterocycles. The van der Waals surface area contributed by atoms with Crippen LogP contribution in [0, 0.1) is 5.92 Å². The van der Waals surface area contributed by atoms with Gasteiger partial charge in [-0.15, -0.1) is 11.3 Å². The van der Waals surface area contributed by atoms with E-state index in [9.17, 15) is 0 Å². The van der Waals surface area contributed by atoms with Crippen molar-refractivity contribution in [3.63, 3.8) is 0 Å². The van der Waals surface area contributed by atoms with E-state index in [1.165, 1.54) is 11.1 Å². The molecule has 0 saturated carbocycles. The summed E-state index contributed by atoms with van der Waals surface area (Å²) in [4.78, 5) is 15.1. The number of thiophene rings is 1. The Hall–Kier alpha value is -1.79. The average Bonchev–Trinajstić information content (AvgIpc) is 2.92. The van der Waals surface area contributed by atoms with Crippen LogP contribution >= 0.6 is 11.3 Å². The molecule has 0 radical (unpaired) electrons. The van der Waals surface area contributed by atoms with E-state index >= 15 is 0 Å². The Morgan fingerprint density at radius 2 is 1.96 bits per heavy atom. The first kappa shape index (κ1) is 18.6. The number of hydrogen-bond donors (Lipinski definition) is 0. The lowest BCUT2D eigenvalue weighted by Gasteiger charge is -2.33. The molecule has 5 nitrogen and oxygen atoms in total. The Bertz CT molecular complexity index is 1010. The number of ether oxygens (including phenoxy) is 2. The van der Waals surface area contributed by atoms with Crippen molar-refractivity contribution >= 4 is 31.8 Å². The maximum Gasteiger partial charge on any atom is 0.235 e. The van der Waals surface area contributed by atoms with Crippen LogP contribution in [0.1, 0.15) is 58.4 Å². The molecule has 0 saturated heterocycles. The Balaban J connectivity index is 2.02. The molecule has 4 rings (SSSR count). The van der Waals surface area contributed by atoms with Gasteiger partial charge in [-0.25, -0.2) is 15.0 Å². The van der Waals surface area contributed by atoms with Gasteiger partial charge in [0.15, 0.2) is 0 Å². The highest BCUT2D eigenvalue weighted by molar-refractivity contribution is 7.25. The van der Waals surface area contributed by atoms with Gasteiger partial charge in [-0.3, -0.25) is 0 Å². The fourth-order valence-corrected chi connectivity index (χ4v) is 4.83. The van der Waals surface area contributed by atoms with Gasteiger partial charge in [0, 0.05) is 23.1 Å². The zero-order chi connectivity index (χ0) is 19.3. The molecule has 1 aliphatic rings. The summed E-state index contributed by atoms with van der Waals surface area (Å²) in [5.41, 5.74) is 4.52. The highest BCUT2D eigenvalue weighted by atomic mass is 32.1. The molecule has 1 aliphatic heterocycles. The summed E-state index contributed by atoms with van der Waals surface area (Å²) in [7, 11) is 0. The van der Waals surface area contributed by atoms with Gasteiger partial charge < -0.3 is 9.47 Å². The van der Waals surface area contributed by atoms with Crippen LogP contribution in [-0.2, 0) is 24.2 Å². The van der Waals surface area contributed by atoms with Gasteiger partial charge in [-0.2, -0.15) is 0 Å². The van der Waals surface area contributed by atoms with Crippen LogP contribution in [0.15, 0.2) is 6.33 Å². The molecule has 0 fully saturated rings. The van der Waals surface area contributed by atoms with E-state index in [0.717, 1.165) is 39.0 Å². The van der Waals surface area contributed by atoms with Crippen molar-refractivity contribution < 1.29 is 9.47 Å². The van der Waals surface area contributed by atoms with Gasteiger partial charge in [0.05, 0.1) is 23.8 Å². The zero-order valence-electron chi connectivity index (χ0n) is 16.9. The Kier molecular flexibility index (Phi) is 4.59. The van der Waals surface area contributed by atoms with Crippen molar-refractivity contribution in [3.8, 4) is 5.88 Å². The van der Waals surface area contributed by atoms with Crippen LogP contribution in [-0.4, -0.2) is 26.7 Å². The number of nitrogens with zero attached hydrogens (tertiary/aromatic N) is 3. The fourth-order valence-electron chi connectivity index (χ4n) is 3.72. The highest BCUT2D eigenvalue weighted by Gasteiger charge is 2.32. The molecule has 0 atom stereocenters. The Labute approximate surface area is 164 Å². The third-order valence-electron chi connectivity index (χ3n) is 4.83. The average molecular weight is 386 g/mol. The predicted octanol–water partition coefficient (Wildman–Crippen LogP) is 5.08. The summed E-state index contributed by atoms with van der Waals surface area (Å²) >= 11 is 1.64. The summed E-state index contributed by atoms with van der Waals surface area (Å²) in [6.45, 7) is 13.4. The summed E-state index contributed by atoms with van der Waals surface area (Å²) in [6.07, 6.45) is 3.49. The van der Waals surface area contributed by atoms with Crippen LogP contribution in [0.4, 0.5) is 0 Å². The Morgan fingerprint density at radius 3 is 2.67 bits per heavy atom. The normalized spacial score (nSPS) is 16.4. The summed E-state index contributed by atoms with van der Waals surface area (Å²) in [5.74, 6) is 1.20. The van der Waals surface area contributed by atoms with E-state index in [4.69, 9.17) is 14.5 Å². The van der Waals surface area contributed by atoms with Crippen molar-refractivity contribution in [1.29, 1.82) is 0 Å². The molecule has 6 heteroatoms. The maximum absolute atomic E-state index is 6.13. The van der Waals surface area contributed by atoms with E-state index in [-0.39, 0.29) is 11.7 Å². The van der Waals surface area contributed by atoms with Crippen LogP contribution < -0.4 is 4.74 Å². The van der Waals surface area contributed by atoms with Gasteiger partial charge >= 0.3 is 0 Å². The van der Waals surface area contributed by atoms with Gasteiger partial charge in [0.25, 0.3) is 0 Å². The van der Waals surface area contributed by atoms with E-state index in [0.29, 0.717) is 18.4 Å². The van der Waals surface area contributed by atoms with E-state index in [2.05, 4.69) is 37.7 Å². The van der Waals surface area contributed by atoms with Crippen LogP contribution in [0.25, 0.3) is 20.4 Å². The molecule has 3 aromatic rings. The molecule has 0 amide bonds. The first-order valence-corrected chi connectivity index (χ1v) is 10.5. The molecule has 0 aromatic carbocycles. The number of pyridine rings is 1. The largest absolute Gasteiger partial charge is 0.474 e. The summed E-state index contributed by atoms with van der Waals surface area (Å²) in [6, 6.07) is 0. The minimum Gasteiger partial charge on any atom is -0.474 e. The zero-order valence-corrected chi connectivity index (χ0v) is 17.7. The number of rotatable bonds is 4. The Morgan fingerprint density at radius 1 is 1.19 bits per heavy atom. The smallest absolute Gasteiger partial charge is 0.235 e. The van der Waals surface area contributed by atoms with Gasteiger partial charge in [0.2, 0.25) is 5.88 Å². The van der Waals surface area contributed by atoms with Crippen LogP contribution in [0.3, 0.4) is 0 Å². The van der Waals surface area contributed by atoms with E-state index < -0.39 is 0 Å². The number of fused-ring (bicyclic) bond motifs is 5. The van der Waals surface area contributed by atoms with Gasteiger partial charge in [-0.05, 0) is 45.6 Å². The monoisotopic (exact) mass is 385 g/mol. The first-order valence-electron chi connectivity index (χ1n) is 9.63. The van der Waals surface area contributed by atoms with E-state index in [1.54, 1.807) is 17.7 Å². The molecule has 0 spiro atoms. The molecule has 0 aliphatic carbocycles.